The topological polar surface area (TPSA) is 24.5 Å². The van der Waals surface area contributed by atoms with Crippen LogP contribution in [-0.2, 0) is 25.8 Å². The summed E-state index contributed by atoms with van der Waals surface area (Å²) in [6.07, 6.45) is 3.39. The van der Waals surface area contributed by atoms with E-state index >= 15 is 0 Å². The van der Waals surface area contributed by atoms with E-state index in [1.54, 1.807) is 7.11 Å². The Labute approximate surface area is 138 Å². The first-order chi connectivity index (χ1) is 11.3. The first-order valence-electron chi connectivity index (χ1n) is 8.56. The van der Waals surface area contributed by atoms with Crippen molar-refractivity contribution in [1.82, 2.24) is 4.90 Å². The lowest BCUT2D eigenvalue weighted by molar-refractivity contribution is 0.279. The average molecular weight is 308 g/mol. The maximum absolute atomic E-state index is 5.37. The van der Waals surface area contributed by atoms with Crippen molar-refractivity contribution in [2.24, 2.45) is 0 Å². The SMILES string of the molecule is COc1ccc2c(c1)CCN(Cc1cccc3c1NCC3)CC2. The first-order valence-corrected chi connectivity index (χ1v) is 8.56. The Morgan fingerprint density at radius 2 is 1.87 bits per heavy atom. The minimum Gasteiger partial charge on any atom is -0.497 e. The second-order valence-electron chi connectivity index (χ2n) is 6.54. The Hall–Kier alpha value is -2.00. The summed E-state index contributed by atoms with van der Waals surface area (Å²) >= 11 is 0. The highest BCUT2D eigenvalue weighted by Gasteiger charge is 2.18. The monoisotopic (exact) mass is 308 g/mol. The molecule has 3 nitrogen and oxygen atoms in total. The van der Waals surface area contributed by atoms with E-state index in [-0.39, 0.29) is 0 Å². The molecule has 0 atom stereocenters. The summed E-state index contributed by atoms with van der Waals surface area (Å²) in [7, 11) is 1.74. The molecule has 3 heteroatoms. The van der Waals surface area contributed by atoms with Crippen molar-refractivity contribution in [1.29, 1.82) is 0 Å². The minimum absolute atomic E-state index is 0.974. The molecule has 2 aromatic carbocycles. The number of benzene rings is 2. The highest BCUT2D eigenvalue weighted by molar-refractivity contribution is 5.61. The van der Waals surface area contributed by atoms with Crippen LogP contribution in [0, 0.1) is 0 Å². The van der Waals surface area contributed by atoms with Gasteiger partial charge in [-0.05, 0) is 53.6 Å². The molecule has 4 rings (SSSR count). The molecule has 0 saturated carbocycles. The summed E-state index contributed by atoms with van der Waals surface area (Å²) in [6.45, 7) is 4.37. The van der Waals surface area contributed by atoms with Crippen LogP contribution in [0.2, 0.25) is 0 Å². The number of para-hydroxylation sites is 1. The number of methoxy groups -OCH3 is 1. The average Bonchev–Trinajstić information content (AvgIpc) is 2.98. The second-order valence-corrected chi connectivity index (χ2v) is 6.54. The lowest BCUT2D eigenvalue weighted by Gasteiger charge is -2.21. The number of rotatable bonds is 3. The molecule has 2 aliphatic rings. The molecule has 2 heterocycles. The zero-order chi connectivity index (χ0) is 15.6. The molecule has 0 aliphatic carbocycles. The summed E-state index contributed by atoms with van der Waals surface area (Å²) < 4.78 is 5.37. The lowest BCUT2D eigenvalue weighted by Crippen LogP contribution is -2.26. The number of hydrogen-bond acceptors (Lipinski definition) is 3. The summed E-state index contributed by atoms with van der Waals surface area (Å²) in [5.74, 6) is 0.974. The van der Waals surface area contributed by atoms with E-state index in [2.05, 4.69) is 46.6 Å². The van der Waals surface area contributed by atoms with Gasteiger partial charge in [0.25, 0.3) is 0 Å². The Morgan fingerprint density at radius 1 is 1.00 bits per heavy atom. The van der Waals surface area contributed by atoms with Gasteiger partial charge in [0.15, 0.2) is 0 Å². The molecule has 2 aromatic rings. The van der Waals surface area contributed by atoms with E-state index in [4.69, 9.17) is 4.74 Å². The van der Waals surface area contributed by atoms with Crippen molar-refractivity contribution in [3.05, 3.63) is 58.7 Å². The van der Waals surface area contributed by atoms with E-state index < -0.39 is 0 Å². The third kappa shape index (κ3) is 2.93. The van der Waals surface area contributed by atoms with Gasteiger partial charge >= 0.3 is 0 Å². The summed E-state index contributed by atoms with van der Waals surface area (Å²) in [5.41, 5.74) is 7.23. The predicted molar refractivity (Wildman–Crippen MR) is 94.3 cm³/mol. The molecule has 0 amide bonds. The quantitative estimate of drug-likeness (QED) is 0.942. The maximum atomic E-state index is 5.37. The Bertz CT molecular complexity index is 711. The third-order valence-corrected chi connectivity index (χ3v) is 5.14. The van der Waals surface area contributed by atoms with Crippen LogP contribution in [0.25, 0.3) is 0 Å². The summed E-state index contributed by atoms with van der Waals surface area (Å²) in [4.78, 5) is 2.59. The molecule has 0 aromatic heterocycles. The van der Waals surface area contributed by atoms with E-state index in [9.17, 15) is 0 Å². The highest BCUT2D eigenvalue weighted by Crippen LogP contribution is 2.28. The predicted octanol–water partition coefficient (Wildman–Crippen LogP) is 3.26. The molecule has 1 N–H and O–H groups in total. The molecular weight excluding hydrogens is 284 g/mol. The maximum Gasteiger partial charge on any atom is 0.119 e. The van der Waals surface area contributed by atoms with E-state index in [0.29, 0.717) is 0 Å². The van der Waals surface area contributed by atoms with Crippen molar-refractivity contribution >= 4 is 5.69 Å². The van der Waals surface area contributed by atoms with Crippen LogP contribution in [0.15, 0.2) is 36.4 Å². The Morgan fingerprint density at radius 3 is 2.74 bits per heavy atom. The lowest BCUT2D eigenvalue weighted by atomic mass is 10.0. The Kier molecular flexibility index (Phi) is 3.96. The van der Waals surface area contributed by atoms with Gasteiger partial charge in [-0.1, -0.05) is 24.3 Å². The fraction of sp³-hybridized carbons (Fsp3) is 0.400. The van der Waals surface area contributed by atoms with Crippen molar-refractivity contribution in [3.8, 4) is 5.75 Å². The van der Waals surface area contributed by atoms with Crippen molar-refractivity contribution in [2.75, 3.05) is 32.1 Å². The molecule has 23 heavy (non-hydrogen) atoms. The first kappa shape index (κ1) is 14.6. The largest absolute Gasteiger partial charge is 0.497 e. The fourth-order valence-corrected chi connectivity index (χ4v) is 3.82. The number of ether oxygens (including phenoxy) is 1. The van der Waals surface area contributed by atoms with Crippen molar-refractivity contribution < 1.29 is 4.74 Å². The van der Waals surface area contributed by atoms with Crippen LogP contribution in [0.5, 0.6) is 5.75 Å². The normalized spacial score (nSPS) is 17.1. The van der Waals surface area contributed by atoms with Crippen LogP contribution in [0.1, 0.15) is 22.3 Å². The van der Waals surface area contributed by atoms with Gasteiger partial charge in [0.05, 0.1) is 7.11 Å². The van der Waals surface area contributed by atoms with Crippen LogP contribution in [0.3, 0.4) is 0 Å². The second kappa shape index (κ2) is 6.25. The number of nitrogens with zero attached hydrogens (tertiary/aromatic N) is 1. The number of nitrogens with one attached hydrogen (secondary N) is 1. The van der Waals surface area contributed by atoms with E-state index in [1.165, 1.54) is 27.9 Å². The van der Waals surface area contributed by atoms with Gasteiger partial charge in [-0.2, -0.15) is 0 Å². The van der Waals surface area contributed by atoms with Crippen LogP contribution in [0.4, 0.5) is 5.69 Å². The number of hydrogen-bond donors (Lipinski definition) is 1. The van der Waals surface area contributed by atoms with Gasteiger partial charge in [0.2, 0.25) is 0 Å². The van der Waals surface area contributed by atoms with Gasteiger partial charge in [-0.25, -0.2) is 0 Å². The smallest absolute Gasteiger partial charge is 0.119 e. The molecule has 0 spiro atoms. The van der Waals surface area contributed by atoms with Gasteiger partial charge in [0.1, 0.15) is 5.75 Å². The number of fused-ring (bicyclic) bond motifs is 2. The zero-order valence-electron chi connectivity index (χ0n) is 13.8. The third-order valence-electron chi connectivity index (χ3n) is 5.14. The molecule has 0 fully saturated rings. The van der Waals surface area contributed by atoms with Crippen molar-refractivity contribution in [2.45, 2.75) is 25.8 Å². The number of anilines is 1. The minimum atomic E-state index is 0.974. The molecular formula is C20H24N2O. The highest BCUT2D eigenvalue weighted by atomic mass is 16.5. The van der Waals surface area contributed by atoms with E-state index in [1.807, 2.05) is 0 Å². The molecule has 0 unspecified atom stereocenters. The van der Waals surface area contributed by atoms with Crippen molar-refractivity contribution in [3.63, 3.8) is 0 Å². The van der Waals surface area contributed by atoms with Gasteiger partial charge in [-0.15, -0.1) is 0 Å². The molecule has 0 saturated heterocycles. The molecule has 0 bridgehead atoms. The Balaban J connectivity index is 1.49. The van der Waals surface area contributed by atoms with Crippen LogP contribution >= 0.6 is 0 Å². The van der Waals surface area contributed by atoms with Gasteiger partial charge < -0.3 is 10.1 Å². The zero-order valence-corrected chi connectivity index (χ0v) is 13.8. The van der Waals surface area contributed by atoms with Crippen LogP contribution < -0.4 is 10.1 Å². The van der Waals surface area contributed by atoms with E-state index in [0.717, 1.165) is 51.2 Å². The van der Waals surface area contributed by atoms with Gasteiger partial charge in [-0.3, -0.25) is 4.90 Å². The molecule has 120 valence electrons. The standard InChI is InChI=1S/C20H24N2O/c1-23-19-6-5-15-8-11-22(12-9-17(15)13-19)14-18-4-2-3-16-7-10-21-20(16)18/h2-6,13,21H,7-12,14H2,1H3. The summed E-state index contributed by atoms with van der Waals surface area (Å²) in [6, 6.07) is 13.3. The molecule has 2 aliphatic heterocycles. The fourth-order valence-electron chi connectivity index (χ4n) is 3.82. The summed E-state index contributed by atoms with van der Waals surface area (Å²) in [5, 5.41) is 3.56. The molecule has 0 radical (unpaired) electrons. The van der Waals surface area contributed by atoms with Crippen LogP contribution in [-0.4, -0.2) is 31.6 Å². The van der Waals surface area contributed by atoms with Gasteiger partial charge in [0, 0.05) is 31.9 Å².